The summed E-state index contributed by atoms with van der Waals surface area (Å²) in [6.45, 7) is -0.622. The molecule has 1 N–H and O–H groups in total. The van der Waals surface area contributed by atoms with Gasteiger partial charge in [-0.3, -0.25) is 14.9 Å². The number of carbonyl (C=O) groups is 2. The molecule has 1 heterocycles. The van der Waals surface area contributed by atoms with E-state index in [9.17, 15) is 19.7 Å². The van der Waals surface area contributed by atoms with Crippen molar-refractivity contribution in [2.24, 2.45) is 0 Å². The number of anilines is 1. The monoisotopic (exact) mass is 369 g/mol. The molecule has 0 radical (unpaired) electrons. The van der Waals surface area contributed by atoms with Crippen LogP contribution in [0.15, 0.2) is 36.5 Å². The van der Waals surface area contributed by atoms with Crippen LogP contribution in [0, 0.1) is 10.1 Å². The molecule has 10 heteroatoms. The molecule has 0 saturated heterocycles. The van der Waals surface area contributed by atoms with Crippen LogP contribution < -0.4 is 5.32 Å². The highest BCUT2D eigenvalue weighted by atomic mass is 35.5. The Bertz CT molecular complexity index is 813. The maximum absolute atomic E-state index is 11.8. The number of carbonyl (C=O) groups excluding carboxylic acids is 2. The molecule has 1 amide bonds. The molecule has 0 bridgehead atoms. The van der Waals surface area contributed by atoms with E-state index in [1.807, 2.05) is 0 Å². The molecule has 0 saturated carbocycles. The van der Waals surface area contributed by atoms with E-state index in [4.69, 9.17) is 27.9 Å². The molecule has 0 atom stereocenters. The van der Waals surface area contributed by atoms with Crippen LogP contribution in [0.2, 0.25) is 10.2 Å². The van der Waals surface area contributed by atoms with Gasteiger partial charge in [0.1, 0.15) is 5.15 Å². The zero-order valence-corrected chi connectivity index (χ0v) is 13.4. The van der Waals surface area contributed by atoms with Gasteiger partial charge in [0.2, 0.25) is 0 Å². The van der Waals surface area contributed by atoms with Gasteiger partial charge in [-0.25, -0.2) is 9.78 Å². The van der Waals surface area contributed by atoms with Crippen molar-refractivity contribution in [3.8, 4) is 0 Å². The molecule has 2 aromatic rings. The summed E-state index contributed by atoms with van der Waals surface area (Å²) in [4.78, 5) is 37.4. The molecule has 0 fully saturated rings. The maximum Gasteiger partial charge on any atom is 0.341 e. The van der Waals surface area contributed by atoms with Gasteiger partial charge in [-0.05, 0) is 18.2 Å². The first kappa shape index (κ1) is 17.6. The van der Waals surface area contributed by atoms with Gasteiger partial charge < -0.3 is 10.1 Å². The Morgan fingerprint density at radius 1 is 1.29 bits per heavy atom. The van der Waals surface area contributed by atoms with Crippen molar-refractivity contribution in [3.05, 3.63) is 62.4 Å². The number of halogens is 2. The van der Waals surface area contributed by atoms with Crippen LogP contribution in [0.25, 0.3) is 0 Å². The molecule has 1 aromatic heterocycles. The minimum atomic E-state index is -0.826. The lowest BCUT2D eigenvalue weighted by atomic mass is 10.3. The van der Waals surface area contributed by atoms with Crippen LogP contribution in [0.4, 0.5) is 11.4 Å². The van der Waals surface area contributed by atoms with E-state index < -0.39 is 23.4 Å². The van der Waals surface area contributed by atoms with Crippen LogP contribution >= 0.6 is 23.2 Å². The van der Waals surface area contributed by atoms with Crippen molar-refractivity contribution in [3.63, 3.8) is 0 Å². The number of nitrogens with zero attached hydrogens (tertiary/aromatic N) is 2. The van der Waals surface area contributed by atoms with Gasteiger partial charge in [0.05, 0.1) is 21.2 Å². The summed E-state index contributed by atoms with van der Waals surface area (Å²) in [5, 5.41) is 13.1. The molecule has 24 heavy (non-hydrogen) atoms. The number of non-ortho nitro benzene ring substituents is 1. The van der Waals surface area contributed by atoms with Crippen LogP contribution in [0.3, 0.4) is 0 Å². The molecule has 0 spiro atoms. The largest absolute Gasteiger partial charge is 0.452 e. The first-order chi connectivity index (χ1) is 11.4. The third-order valence-electron chi connectivity index (χ3n) is 2.75. The van der Waals surface area contributed by atoms with Crippen LogP contribution in [0.1, 0.15) is 10.4 Å². The Morgan fingerprint density at radius 2 is 2.04 bits per heavy atom. The van der Waals surface area contributed by atoms with Crippen molar-refractivity contribution < 1.29 is 19.2 Å². The molecular weight excluding hydrogens is 361 g/mol. The van der Waals surface area contributed by atoms with Crippen LogP contribution in [-0.2, 0) is 9.53 Å². The molecule has 0 unspecified atom stereocenters. The summed E-state index contributed by atoms with van der Waals surface area (Å²) < 4.78 is 4.81. The molecule has 0 aliphatic carbocycles. The van der Waals surface area contributed by atoms with Crippen molar-refractivity contribution >= 4 is 46.5 Å². The first-order valence-corrected chi connectivity index (χ1v) is 7.15. The Balaban J connectivity index is 1.99. The number of hydrogen-bond acceptors (Lipinski definition) is 6. The summed E-state index contributed by atoms with van der Waals surface area (Å²) >= 11 is 11.6. The summed E-state index contributed by atoms with van der Waals surface area (Å²) in [7, 11) is 0. The number of rotatable bonds is 5. The quantitative estimate of drug-likeness (QED) is 0.375. The SMILES string of the molecule is O=C(COC(=O)c1cccnc1Cl)Nc1cc([N+](=O)[O-])ccc1Cl. The van der Waals surface area contributed by atoms with Gasteiger partial charge in [-0.2, -0.15) is 0 Å². The van der Waals surface area contributed by atoms with Crippen LogP contribution in [0.5, 0.6) is 0 Å². The highest BCUT2D eigenvalue weighted by Gasteiger charge is 2.16. The number of aromatic nitrogens is 1. The number of nitro groups is 1. The normalized spacial score (nSPS) is 10.1. The van der Waals surface area contributed by atoms with Gasteiger partial charge in [0.15, 0.2) is 6.61 Å². The predicted octanol–water partition coefficient (Wildman–Crippen LogP) is 3.09. The number of nitro benzene ring substituents is 1. The lowest BCUT2D eigenvalue weighted by molar-refractivity contribution is -0.384. The fourth-order valence-corrected chi connectivity index (χ4v) is 2.02. The van der Waals surface area contributed by atoms with Crippen LogP contribution in [-0.4, -0.2) is 28.4 Å². The first-order valence-electron chi connectivity index (χ1n) is 6.40. The van der Waals surface area contributed by atoms with E-state index in [0.29, 0.717) is 0 Å². The zero-order chi connectivity index (χ0) is 17.7. The van der Waals surface area contributed by atoms with Gasteiger partial charge >= 0.3 is 5.97 Å². The van der Waals surface area contributed by atoms with Crippen molar-refractivity contribution in [2.45, 2.75) is 0 Å². The molecule has 2 rings (SSSR count). The van der Waals surface area contributed by atoms with E-state index in [1.165, 1.54) is 30.5 Å². The number of nitrogens with one attached hydrogen (secondary N) is 1. The fraction of sp³-hybridized carbons (Fsp3) is 0.0714. The molecule has 0 aliphatic heterocycles. The predicted molar refractivity (Wildman–Crippen MR) is 86.3 cm³/mol. The number of amides is 1. The summed E-state index contributed by atoms with van der Waals surface area (Å²) in [5.41, 5.74) is -0.194. The van der Waals surface area contributed by atoms with Gasteiger partial charge in [-0.15, -0.1) is 0 Å². The van der Waals surface area contributed by atoms with E-state index in [2.05, 4.69) is 10.3 Å². The van der Waals surface area contributed by atoms with Crippen molar-refractivity contribution in [1.29, 1.82) is 0 Å². The molecule has 8 nitrogen and oxygen atoms in total. The Morgan fingerprint density at radius 3 is 2.71 bits per heavy atom. The third-order valence-corrected chi connectivity index (χ3v) is 3.38. The fourth-order valence-electron chi connectivity index (χ4n) is 1.66. The third kappa shape index (κ3) is 4.40. The van der Waals surface area contributed by atoms with E-state index >= 15 is 0 Å². The van der Waals surface area contributed by atoms with Crippen molar-refractivity contribution in [2.75, 3.05) is 11.9 Å². The minimum absolute atomic E-state index is 0.0142. The van der Waals surface area contributed by atoms with E-state index in [-0.39, 0.29) is 27.1 Å². The van der Waals surface area contributed by atoms with E-state index in [0.717, 1.165) is 6.07 Å². The molecular formula is C14H9Cl2N3O5. The van der Waals surface area contributed by atoms with Crippen molar-refractivity contribution in [1.82, 2.24) is 4.98 Å². The van der Waals surface area contributed by atoms with Gasteiger partial charge in [0.25, 0.3) is 11.6 Å². The topological polar surface area (TPSA) is 111 Å². The number of esters is 1. The Kier molecular flexibility index (Phi) is 5.67. The average Bonchev–Trinajstić information content (AvgIpc) is 2.55. The lowest BCUT2D eigenvalue weighted by Gasteiger charge is -2.08. The molecule has 124 valence electrons. The second-order valence-electron chi connectivity index (χ2n) is 4.39. The minimum Gasteiger partial charge on any atom is -0.452 e. The standard InChI is InChI=1S/C14H9Cl2N3O5/c15-10-4-3-8(19(22)23)6-11(10)18-12(20)7-24-14(21)9-2-1-5-17-13(9)16/h1-6H,7H2,(H,18,20). The maximum atomic E-state index is 11.8. The zero-order valence-electron chi connectivity index (χ0n) is 11.9. The second kappa shape index (κ2) is 7.71. The Hall–Kier alpha value is -2.71. The highest BCUT2D eigenvalue weighted by Crippen LogP contribution is 2.26. The molecule has 0 aliphatic rings. The smallest absolute Gasteiger partial charge is 0.341 e. The Labute approximate surface area is 145 Å². The molecule has 1 aromatic carbocycles. The highest BCUT2D eigenvalue weighted by molar-refractivity contribution is 6.34. The number of hydrogen-bond donors (Lipinski definition) is 1. The second-order valence-corrected chi connectivity index (χ2v) is 5.15. The average molecular weight is 370 g/mol. The number of ether oxygens (including phenoxy) is 1. The van der Waals surface area contributed by atoms with Gasteiger partial charge in [0, 0.05) is 18.3 Å². The summed E-state index contributed by atoms with van der Waals surface area (Å²) in [5.74, 6) is -1.54. The summed E-state index contributed by atoms with van der Waals surface area (Å²) in [6, 6.07) is 6.46. The van der Waals surface area contributed by atoms with Gasteiger partial charge in [-0.1, -0.05) is 23.2 Å². The summed E-state index contributed by atoms with van der Waals surface area (Å²) in [6.07, 6.45) is 1.40. The lowest BCUT2D eigenvalue weighted by Crippen LogP contribution is -2.21. The number of pyridine rings is 1. The number of benzene rings is 1. The van der Waals surface area contributed by atoms with E-state index in [1.54, 1.807) is 0 Å².